The molecule has 2 aromatic carbocycles. The molecule has 3 aromatic rings. The van der Waals surface area contributed by atoms with Gasteiger partial charge in [0, 0.05) is 17.4 Å². The second kappa shape index (κ2) is 7.35. The van der Waals surface area contributed by atoms with Gasteiger partial charge >= 0.3 is 5.69 Å². The van der Waals surface area contributed by atoms with Crippen molar-refractivity contribution in [3.8, 4) is 0 Å². The normalized spacial score (nSPS) is 15.8. The van der Waals surface area contributed by atoms with Crippen molar-refractivity contribution in [3.63, 3.8) is 0 Å². The summed E-state index contributed by atoms with van der Waals surface area (Å²) in [5.41, 5.74) is 2.21. The van der Waals surface area contributed by atoms with Crippen molar-refractivity contribution in [1.29, 1.82) is 0 Å². The Hall–Kier alpha value is -2.57. The highest BCUT2D eigenvalue weighted by atomic mass is 32.2. The van der Waals surface area contributed by atoms with Crippen LogP contribution in [-0.4, -0.2) is 9.55 Å². The van der Waals surface area contributed by atoms with Crippen molar-refractivity contribution in [2.45, 2.75) is 29.9 Å². The number of ether oxygens (including phenoxy) is 1. The largest absolute Gasteiger partial charge is 0.356 e. The summed E-state index contributed by atoms with van der Waals surface area (Å²) >= 11 is 1.51. The fourth-order valence-corrected chi connectivity index (χ4v) is 4.41. The number of nitrogens with one attached hydrogen (secondary N) is 1. The molecule has 2 heterocycles. The average Bonchev–Trinajstić information content (AvgIpc) is 3.12. The minimum absolute atomic E-state index is 0.120. The molecule has 0 fully saturated rings. The van der Waals surface area contributed by atoms with Gasteiger partial charge in [-0.05, 0) is 11.1 Å². The van der Waals surface area contributed by atoms with Crippen LogP contribution < -0.4 is 11.2 Å². The summed E-state index contributed by atoms with van der Waals surface area (Å²) in [5.74, 6) is 0. The van der Waals surface area contributed by atoms with E-state index < -0.39 is 5.69 Å². The third-order valence-corrected chi connectivity index (χ3v) is 5.78. The lowest BCUT2D eigenvalue weighted by atomic mass is 10.1. The Kier molecular flexibility index (Phi) is 4.77. The Morgan fingerprint density at radius 2 is 1.73 bits per heavy atom. The molecule has 1 atom stereocenters. The smallest absolute Gasteiger partial charge is 0.330 e. The Balaban J connectivity index is 1.57. The van der Waals surface area contributed by atoms with Gasteiger partial charge in [-0.2, -0.15) is 0 Å². The van der Waals surface area contributed by atoms with Crippen molar-refractivity contribution >= 4 is 11.8 Å². The zero-order valence-corrected chi connectivity index (χ0v) is 14.9. The predicted octanol–water partition coefficient (Wildman–Crippen LogP) is 3.10. The summed E-state index contributed by atoms with van der Waals surface area (Å²) in [7, 11) is 0. The number of nitrogens with zero attached hydrogens (tertiary/aromatic N) is 1. The van der Waals surface area contributed by atoms with Crippen molar-refractivity contribution in [2.24, 2.45) is 0 Å². The lowest BCUT2D eigenvalue weighted by Crippen LogP contribution is -2.33. The molecular weight excluding hydrogens is 348 g/mol. The Labute approximate surface area is 154 Å². The standard InChI is InChI=1S/C20H18N2O3S/c23-19-18-16(11-17(26-18)15-9-5-2-6-10-15)22(20(24)21-19)13-25-12-14-7-3-1-4-8-14/h1-10,17H,11-13H2,(H,21,23,24). The van der Waals surface area contributed by atoms with Gasteiger partial charge in [0.2, 0.25) is 0 Å². The highest BCUT2D eigenvalue weighted by molar-refractivity contribution is 7.99. The molecule has 0 saturated heterocycles. The van der Waals surface area contributed by atoms with Gasteiger partial charge in [-0.3, -0.25) is 14.3 Å². The van der Waals surface area contributed by atoms with Gasteiger partial charge in [-0.25, -0.2) is 4.79 Å². The molecule has 4 rings (SSSR count). The minimum atomic E-state index is -0.420. The maximum atomic E-state index is 12.3. The average molecular weight is 366 g/mol. The topological polar surface area (TPSA) is 64.1 Å². The van der Waals surface area contributed by atoms with Gasteiger partial charge in [0.15, 0.2) is 0 Å². The first kappa shape index (κ1) is 16.9. The zero-order chi connectivity index (χ0) is 17.9. The van der Waals surface area contributed by atoms with Crippen molar-refractivity contribution in [1.82, 2.24) is 9.55 Å². The summed E-state index contributed by atoms with van der Waals surface area (Å²) < 4.78 is 7.26. The van der Waals surface area contributed by atoms with Crippen LogP contribution in [0.3, 0.4) is 0 Å². The number of hydrogen-bond acceptors (Lipinski definition) is 4. The van der Waals surface area contributed by atoms with Crippen LogP contribution in [0.25, 0.3) is 0 Å². The molecule has 0 amide bonds. The first-order valence-electron chi connectivity index (χ1n) is 8.41. The quantitative estimate of drug-likeness (QED) is 0.754. The van der Waals surface area contributed by atoms with E-state index in [1.54, 1.807) is 0 Å². The first-order valence-corrected chi connectivity index (χ1v) is 9.29. The van der Waals surface area contributed by atoms with Crippen LogP contribution in [0.5, 0.6) is 0 Å². The molecule has 1 aliphatic rings. The molecule has 1 N–H and O–H groups in total. The third-order valence-electron chi connectivity index (χ3n) is 4.40. The van der Waals surface area contributed by atoms with Crippen molar-refractivity contribution in [2.75, 3.05) is 0 Å². The lowest BCUT2D eigenvalue weighted by Gasteiger charge is -2.12. The number of H-pyrrole nitrogens is 1. The molecule has 6 heteroatoms. The molecule has 0 saturated carbocycles. The molecule has 0 aliphatic carbocycles. The summed E-state index contributed by atoms with van der Waals surface area (Å²) in [4.78, 5) is 27.6. The van der Waals surface area contributed by atoms with Gasteiger partial charge in [-0.1, -0.05) is 60.7 Å². The summed E-state index contributed by atoms with van der Waals surface area (Å²) in [6.07, 6.45) is 0.637. The molecule has 0 bridgehead atoms. The van der Waals surface area contributed by atoms with Gasteiger partial charge in [0.25, 0.3) is 5.56 Å². The van der Waals surface area contributed by atoms with Gasteiger partial charge in [0.1, 0.15) is 6.73 Å². The van der Waals surface area contributed by atoms with E-state index >= 15 is 0 Å². The van der Waals surface area contributed by atoms with Gasteiger partial charge in [0.05, 0.1) is 11.5 Å². The molecule has 26 heavy (non-hydrogen) atoms. The van der Waals surface area contributed by atoms with E-state index in [0.29, 0.717) is 17.9 Å². The van der Waals surface area contributed by atoms with E-state index in [-0.39, 0.29) is 17.5 Å². The van der Waals surface area contributed by atoms with Crippen LogP contribution in [0, 0.1) is 0 Å². The number of hydrogen-bond donors (Lipinski definition) is 1. The highest BCUT2D eigenvalue weighted by Crippen LogP contribution is 2.44. The van der Waals surface area contributed by atoms with Crippen LogP contribution in [0.2, 0.25) is 0 Å². The predicted molar refractivity (Wildman–Crippen MR) is 101 cm³/mol. The number of thioether (sulfide) groups is 1. The lowest BCUT2D eigenvalue weighted by molar-refractivity contribution is 0.0584. The van der Waals surface area contributed by atoms with Crippen LogP contribution >= 0.6 is 11.8 Å². The van der Waals surface area contributed by atoms with Crippen LogP contribution in [0.15, 0.2) is 75.1 Å². The Morgan fingerprint density at radius 3 is 2.46 bits per heavy atom. The molecule has 0 radical (unpaired) electrons. The summed E-state index contributed by atoms with van der Waals surface area (Å²) in [6, 6.07) is 19.8. The zero-order valence-electron chi connectivity index (χ0n) is 14.1. The van der Waals surface area contributed by atoms with E-state index in [2.05, 4.69) is 4.98 Å². The Morgan fingerprint density at radius 1 is 1.04 bits per heavy atom. The Bertz CT molecular complexity index is 1010. The number of aromatic amines is 1. The van der Waals surface area contributed by atoms with Crippen molar-refractivity contribution < 1.29 is 4.74 Å². The first-order chi connectivity index (χ1) is 12.7. The maximum Gasteiger partial charge on any atom is 0.330 e. The maximum absolute atomic E-state index is 12.3. The molecule has 0 spiro atoms. The number of aromatic nitrogens is 2. The monoisotopic (exact) mass is 366 g/mol. The van der Waals surface area contributed by atoms with E-state index in [1.165, 1.54) is 16.3 Å². The fourth-order valence-electron chi connectivity index (χ4n) is 3.10. The molecular formula is C20H18N2O3S. The molecule has 1 aliphatic heterocycles. The van der Waals surface area contributed by atoms with Gasteiger partial charge < -0.3 is 4.74 Å². The highest BCUT2D eigenvalue weighted by Gasteiger charge is 2.29. The second-order valence-electron chi connectivity index (χ2n) is 6.15. The molecule has 1 unspecified atom stereocenters. The summed E-state index contributed by atoms with van der Waals surface area (Å²) in [5, 5.41) is 0.134. The van der Waals surface area contributed by atoms with E-state index in [9.17, 15) is 9.59 Å². The fraction of sp³-hybridized carbons (Fsp3) is 0.200. The van der Waals surface area contributed by atoms with E-state index in [1.807, 2.05) is 60.7 Å². The van der Waals surface area contributed by atoms with E-state index in [0.717, 1.165) is 16.8 Å². The van der Waals surface area contributed by atoms with Crippen LogP contribution in [0.1, 0.15) is 22.1 Å². The SMILES string of the molecule is O=c1[nH]c(=O)n(COCc2ccccc2)c2c1SC(c1ccccc1)C2. The van der Waals surface area contributed by atoms with E-state index in [4.69, 9.17) is 4.74 Å². The van der Waals surface area contributed by atoms with Gasteiger partial charge in [-0.15, -0.1) is 11.8 Å². The molecule has 1 aromatic heterocycles. The second-order valence-corrected chi connectivity index (χ2v) is 7.36. The number of benzene rings is 2. The molecule has 132 valence electrons. The van der Waals surface area contributed by atoms with Crippen LogP contribution in [0.4, 0.5) is 0 Å². The minimum Gasteiger partial charge on any atom is -0.356 e. The number of rotatable bonds is 5. The third kappa shape index (κ3) is 3.38. The molecule has 5 nitrogen and oxygen atoms in total. The summed E-state index contributed by atoms with van der Waals surface area (Å²) in [6.45, 7) is 0.533. The van der Waals surface area contributed by atoms with Crippen LogP contribution in [-0.2, 0) is 24.5 Å². The number of fused-ring (bicyclic) bond motifs is 1. The van der Waals surface area contributed by atoms with Crippen molar-refractivity contribution in [3.05, 3.63) is 98.3 Å².